The zero-order valence-electron chi connectivity index (χ0n) is 7.88. The zero-order valence-corrected chi connectivity index (χ0v) is 7.88. The SMILES string of the molecule is CCCCOC(=O)N(C)C1CC1. The number of unbranched alkanes of at least 4 members (excludes halogenated alkanes) is 1. The summed E-state index contributed by atoms with van der Waals surface area (Å²) in [6.45, 7) is 2.64. The Kier molecular flexibility index (Phi) is 3.38. The van der Waals surface area contributed by atoms with E-state index in [-0.39, 0.29) is 6.09 Å². The van der Waals surface area contributed by atoms with Crippen LogP contribution in [0.1, 0.15) is 32.6 Å². The van der Waals surface area contributed by atoms with Crippen molar-refractivity contribution in [1.29, 1.82) is 0 Å². The third-order valence-corrected chi connectivity index (χ3v) is 2.11. The van der Waals surface area contributed by atoms with Gasteiger partial charge in [0, 0.05) is 13.1 Å². The van der Waals surface area contributed by atoms with Crippen LogP contribution < -0.4 is 0 Å². The van der Waals surface area contributed by atoms with Gasteiger partial charge in [-0.25, -0.2) is 4.79 Å². The van der Waals surface area contributed by atoms with Gasteiger partial charge in [0.2, 0.25) is 0 Å². The van der Waals surface area contributed by atoms with Crippen molar-refractivity contribution in [2.24, 2.45) is 0 Å². The monoisotopic (exact) mass is 171 g/mol. The molecule has 0 bridgehead atoms. The molecule has 3 heteroatoms. The fourth-order valence-electron chi connectivity index (χ4n) is 1.02. The lowest BCUT2D eigenvalue weighted by atomic mass is 10.4. The minimum atomic E-state index is -0.161. The van der Waals surface area contributed by atoms with Gasteiger partial charge in [0.25, 0.3) is 0 Å². The molecule has 0 aromatic heterocycles. The summed E-state index contributed by atoms with van der Waals surface area (Å²) in [5.41, 5.74) is 0. The van der Waals surface area contributed by atoms with Crippen molar-refractivity contribution in [3.8, 4) is 0 Å². The highest BCUT2D eigenvalue weighted by Crippen LogP contribution is 2.25. The van der Waals surface area contributed by atoms with E-state index in [0.717, 1.165) is 25.7 Å². The molecule has 1 saturated carbocycles. The second-order valence-corrected chi connectivity index (χ2v) is 3.31. The average Bonchev–Trinajstić information content (AvgIpc) is 2.86. The molecule has 0 atom stereocenters. The summed E-state index contributed by atoms with van der Waals surface area (Å²) in [6, 6.07) is 0.458. The lowest BCUT2D eigenvalue weighted by molar-refractivity contribution is 0.107. The Morgan fingerprint density at radius 1 is 1.58 bits per heavy atom. The molecule has 1 amide bonds. The third-order valence-electron chi connectivity index (χ3n) is 2.11. The maximum atomic E-state index is 11.2. The van der Waals surface area contributed by atoms with Gasteiger partial charge in [0.1, 0.15) is 0 Å². The number of amides is 1. The molecular formula is C9H17NO2. The molecule has 1 aliphatic carbocycles. The molecule has 0 aliphatic heterocycles. The molecule has 1 aliphatic rings. The molecule has 12 heavy (non-hydrogen) atoms. The number of carbonyl (C=O) groups excluding carboxylic acids is 1. The summed E-state index contributed by atoms with van der Waals surface area (Å²) >= 11 is 0. The topological polar surface area (TPSA) is 29.5 Å². The van der Waals surface area contributed by atoms with Crippen LogP contribution in [0.2, 0.25) is 0 Å². The standard InChI is InChI=1S/C9H17NO2/c1-3-4-7-12-9(11)10(2)8-5-6-8/h8H,3-7H2,1-2H3. The fraction of sp³-hybridized carbons (Fsp3) is 0.889. The van der Waals surface area contributed by atoms with Gasteiger partial charge in [-0.2, -0.15) is 0 Å². The molecule has 1 fully saturated rings. The summed E-state index contributed by atoms with van der Waals surface area (Å²) in [5.74, 6) is 0. The Labute approximate surface area is 73.7 Å². The van der Waals surface area contributed by atoms with Crippen LogP contribution in [0.4, 0.5) is 4.79 Å². The van der Waals surface area contributed by atoms with Gasteiger partial charge < -0.3 is 9.64 Å². The molecule has 0 N–H and O–H groups in total. The quantitative estimate of drug-likeness (QED) is 0.605. The van der Waals surface area contributed by atoms with E-state index in [1.54, 1.807) is 4.90 Å². The van der Waals surface area contributed by atoms with Crippen LogP contribution in [-0.2, 0) is 4.74 Å². The van der Waals surface area contributed by atoms with Crippen molar-refractivity contribution < 1.29 is 9.53 Å². The van der Waals surface area contributed by atoms with Gasteiger partial charge in [-0.15, -0.1) is 0 Å². The Balaban J connectivity index is 2.09. The Morgan fingerprint density at radius 3 is 2.75 bits per heavy atom. The van der Waals surface area contributed by atoms with E-state index in [9.17, 15) is 4.79 Å². The lowest BCUT2D eigenvalue weighted by Gasteiger charge is -2.15. The fourth-order valence-corrected chi connectivity index (χ4v) is 1.02. The van der Waals surface area contributed by atoms with Crippen LogP contribution in [0.3, 0.4) is 0 Å². The Morgan fingerprint density at radius 2 is 2.25 bits per heavy atom. The smallest absolute Gasteiger partial charge is 0.409 e. The van der Waals surface area contributed by atoms with Crippen molar-refractivity contribution in [2.45, 2.75) is 38.6 Å². The first kappa shape index (κ1) is 9.36. The average molecular weight is 171 g/mol. The minimum absolute atomic E-state index is 0.161. The molecule has 0 heterocycles. The number of carbonyl (C=O) groups is 1. The van der Waals surface area contributed by atoms with E-state index < -0.39 is 0 Å². The van der Waals surface area contributed by atoms with E-state index >= 15 is 0 Å². The Bertz CT molecular complexity index is 155. The van der Waals surface area contributed by atoms with Gasteiger partial charge in [0.15, 0.2) is 0 Å². The molecule has 70 valence electrons. The maximum absolute atomic E-state index is 11.2. The second-order valence-electron chi connectivity index (χ2n) is 3.31. The number of ether oxygens (including phenoxy) is 1. The van der Waals surface area contributed by atoms with Gasteiger partial charge in [-0.1, -0.05) is 13.3 Å². The molecule has 1 rings (SSSR count). The highest BCUT2D eigenvalue weighted by Gasteiger charge is 2.30. The van der Waals surface area contributed by atoms with Crippen molar-refractivity contribution >= 4 is 6.09 Å². The minimum Gasteiger partial charge on any atom is -0.449 e. The predicted octanol–water partition coefficient (Wildman–Crippen LogP) is 2.02. The van der Waals surface area contributed by atoms with Crippen LogP contribution >= 0.6 is 0 Å². The highest BCUT2D eigenvalue weighted by molar-refractivity contribution is 5.68. The van der Waals surface area contributed by atoms with Crippen LogP contribution in [-0.4, -0.2) is 30.7 Å². The molecule has 0 unspecified atom stereocenters. The third kappa shape index (κ3) is 2.72. The van der Waals surface area contributed by atoms with Crippen LogP contribution in [0.25, 0.3) is 0 Å². The lowest BCUT2D eigenvalue weighted by Crippen LogP contribution is -2.29. The van der Waals surface area contributed by atoms with Crippen molar-refractivity contribution in [1.82, 2.24) is 4.90 Å². The van der Waals surface area contributed by atoms with Crippen molar-refractivity contribution in [3.63, 3.8) is 0 Å². The number of rotatable bonds is 4. The predicted molar refractivity (Wildman–Crippen MR) is 47.0 cm³/mol. The Hall–Kier alpha value is -0.730. The van der Waals surface area contributed by atoms with Gasteiger partial charge >= 0.3 is 6.09 Å². The van der Waals surface area contributed by atoms with E-state index in [1.807, 2.05) is 7.05 Å². The summed E-state index contributed by atoms with van der Waals surface area (Å²) in [7, 11) is 1.81. The van der Waals surface area contributed by atoms with Crippen LogP contribution in [0.15, 0.2) is 0 Å². The molecule has 0 spiro atoms. The van der Waals surface area contributed by atoms with E-state index in [2.05, 4.69) is 6.92 Å². The van der Waals surface area contributed by atoms with Crippen LogP contribution in [0, 0.1) is 0 Å². The number of hydrogen-bond acceptors (Lipinski definition) is 2. The molecule has 0 radical (unpaired) electrons. The molecular weight excluding hydrogens is 154 g/mol. The second kappa shape index (κ2) is 4.33. The van der Waals surface area contributed by atoms with Crippen molar-refractivity contribution in [2.75, 3.05) is 13.7 Å². The molecule has 0 aromatic carbocycles. The van der Waals surface area contributed by atoms with Crippen molar-refractivity contribution in [3.05, 3.63) is 0 Å². The largest absolute Gasteiger partial charge is 0.449 e. The molecule has 0 aromatic rings. The first-order chi connectivity index (χ1) is 5.75. The molecule has 0 saturated heterocycles. The van der Waals surface area contributed by atoms with E-state index in [0.29, 0.717) is 12.6 Å². The van der Waals surface area contributed by atoms with Gasteiger partial charge in [-0.05, 0) is 19.3 Å². The zero-order chi connectivity index (χ0) is 8.97. The van der Waals surface area contributed by atoms with Gasteiger partial charge in [-0.3, -0.25) is 0 Å². The van der Waals surface area contributed by atoms with Crippen LogP contribution in [0.5, 0.6) is 0 Å². The van der Waals surface area contributed by atoms with Gasteiger partial charge in [0.05, 0.1) is 6.61 Å². The summed E-state index contributed by atoms with van der Waals surface area (Å²) < 4.78 is 5.03. The number of hydrogen-bond donors (Lipinski definition) is 0. The van der Waals surface area contributed by atoms with E-state index in [1.165, 1.54) is 0 Å². The summed E-state index contributed by atoms with van der Waals surface area (Å²) in [4.78, 5) is 12.9. The number of nitrogens with zero attached hydrogens (tertiary/aromatic N) is 1. The van der Waals surface area contributed by atoms with E-state index in [4.69, 9.17) is 4.74 Å². The first-order valence-electron chi connectivity index (χ1n) is 4.65. The first-order valence-corrected chi connectivity index (χ1v) is 4.65. The summed E-state index contributed by atoms with van der Waals surface area (Å²) in [6.07, 6.45) is 4.15. The normalized spacial score (nSPS) is 15.8. The highest BCUT2D eigenvalue weighted by atomic mass is 16.6. The summed E-state index contributed by atoms with van der Waals surface area (Å²) in [5, 5.41) is 0. The molecule has 3 nitrogen and oxygen atoms in total. The maximum Gasteiger partial charge on any atom is 0.409 e.